The molecule has 1 aliphatic rings. The van der Waals surface area contributed by atoms with Crippen LogP contribution in [0.3, 0.4) is 0 Å². The molecule has 0 aliphatic heterocycles. The van der Waals surface area contributed by atoms with Crippen molar-refractivity contribution in [3.63, 3.8) is 0 Å². The smallest absolute Gasteiger partial charge is 0.216 e. The van der Waals surface area contributed by atoms with Crippen molar-refractivity contribution in [2.45, 2.75) is 5.92 Å². The zero-order valence-corrected chi connectivity index (χ0v) is 5.68. The summed E-state index contributed by atoms with van der Waals surface area (Å²) in [5, 5.41) is 0. The topological polar surface area (TPSA) is 0 Å². The Hall–Kier alpha value is -0.990. The molecule has 0 unspecified atom stereocenters. The van der Waals surface area contributed by atoms with E-state index in [1.165, 1.54) is 18.2 Å². The molecule has 0 fully saturated rings. The summed E-state index contributed by atoms with van der Waals surface area (Å²) in [6.45, 7) is 0. The molecule has 1 atom stereocenters. The predicted molar refractivity (Wildman–Crippen MR) is 37.0 cm³/mol. The minimum Gasteiger partial charge on any atom is -0.216 e. The lowest BCUT2D eigenvalue weighted by Crippen LogP contribution is -2.23. The van der Waals surface area contributed by atoms with Gasteiger partial charge in [0.05, 0.1) is 12.2 Å². The van der Waals surface area contributed by atoms with Gasteiger partial charge in [-0.05, 0) is 12.2 Å². The van der Waals surface area contributed by atoms with Gasteiger partial charge in [0.25, 0.3) is 5.92 Å². The Bertz CT molecular complexity index is 213. The summed E-state index contributed by atoms with van der Waals surface area (Å²) in [5.41, 5.74) is 0. The molecular weight excluding hydrogens is 153 g/mol. The summed E-state index contributed by atoms with van der Waals surface area (Å²) in [6.07, 6.45) is 5.72. The Morgan fingerprint density at radius 1 is 1.27 bits per heavy atom. The maximum atomic E-state index is 12.7. The number of hydrogen-bond donors (Lipinski definition) is 0. The van der Waals surface area contributed by atoms with Crippen molar-refractivity contribution < 1.29 is 13.2 Å². The predicted octanol–water partition coefficient (Wildman–Crippen LogP) is 2.85. The van der Waals surface area contributed by atoms with Gasteiger partial charge in [-0.2, -0.15) is 0 Å². The Morgan fingerprint density at radius 2 is 2.00 bits per heavy atom. The number of halogens is 3. The van der Waals surface area contributed by atoms with Crippen LogP contribution in [0.4, 0.5) is 13.2 Å². The second-order valence-corrected chi connectivity index (χ2v) is 2.26. The maximum absolute atomic E-state index is 12.7. The van der Waals surface area contributed by atoms with Crippen molar-refractivity contribution in [2.24, 2.45) is 5.92 Å². The van der Waals surface area contributed by atoms with Gasteiger partial charge < -0.3 is 0 Å². The molecule has 0 aromatic rings. The molecule has 0 spiro atoms. The summed E-state index contributed by atoms with van der Waals surface area (Å²) in [6, 6.07) is 0. The van der Waals surface area contributed by atoms with Crippen LogP contribution in [-0.2, 0) is 0 Å². The van der Waals surface area contributed by atoms with E-state index in [-0.39, 0.29) is 6.33 Å². The molecule has 0 nitrogen and oxygen atoms in total. The first-order valence-electron chi connectivity index (χ1n) is 3.17. The molecule has 11 heavy (non-hydrogen) atoms. The third kappa shape index (κ3) is 1.73. The SMILES string of the molecule is F/C=C/[C@H]1C=CC=CC1(F)F. The molecule has 0 bridgehead atoms. The van der Waals surface area contributed by atoms with Gasteiger partial charge in [-0.15, -0.1) is 0 Å². The molecule has 60 valence electrons. The standard InChI is InChI=1S/C8H7F3/c9-6-4-7-3-1-2-5-8(7,10)11/h1-7H/b6-4+/t7-/m1/s1. The van der Waals surface area contributed by atoms with Crippen molar-refractivity contribution in [3.05, 3.63) is 36.7 Å². The quantitative estimate of drug-likeness (QED) is 0.553. The van der Waals surface area contributed by atoms with E-state index in [0.29, 0.717) is 0 Å². The second kappa shape index (κ2) is 2.95. The zero-order chi connectivity index (χ0) is 8.32. The van der Waals surface area contributed by atoms with E-state index in [0.717, 1.165) is 12.2 Å². The molecule has 0 N–H and O–H groups in total. The van der Waals surface area contributed by atoms with Crippen LogP contribution < -0.4 is 0 Å². The average Bonchev–Trinajstić information content (AvgIpc) is 1.94. The molecular formula is C8H7F3. The second-order valence-electron chi connectivity index (χ2n) is 2.26. The fourth-order valence-electron chi connectivity index (χ4n) is 0.878. The van der Waals surface area contributed by atoms with Crippen molar-refractivity contribution >= 4 is 0 Å². The molecule has 0 heterocycles. The third-order valence-corrected chi connectivity index (χ3v) is 1.47. The van der Waals surface area contributed by atoms with E-state index < -0.39 is 11.8 Å². The Labute approximate surface area is 62.7 Å². The fourth-order valence-corrected chi connectivity index (χ4v) is 0.878. The fraction of sp³-hybridized carbons (Fsp3) is 0.250. The first-order chi connectivity index (χ1) is 5.17. The monoisotopic (exact) mass is 160 g/mol. The Kier molecular flexibility index (Phi) is 2.17. The van der Waals surface area contributed by atoms with Crippen LogP contribution in [0.1, 0.15) is 0 Å². The van der Waals surface area contributed by atoms with Crippen LogP contribution in [0.15, 0.2) is 36.7 Å². The minimum absolute atomic E-state index is 0.141. The number of alkyl halides is 2. The molecule has 0 amide bonds. The highest BCUT2D eigenvalue weighted by Gasteiger charge is 2.34. The molecule has 1 aliphatic carbocycles. The Balaban J connectivity index is 2.80. The van der Waals surface area contributed by atoms with Gasteiger partial charge in [0.2, 0.25) is 0 Å². The van der Waals surface area contributed by atoms with Gasteiger partial charge in [-0.3, -0.25) is 0 Å². The van der Waals surface area contributed by atoms with E-state index in [4.69, 9.17) is 0 Å². The third-order valence-electron chi connectivity index (χ3n) is 1.47. The zero-order valence-electron chi connectivity index (χ0n) is 5.68. The summed E-state index contributed by atoms with van der Waals surface area (Å²) < 4.78 is 36.9. The maximum Gasteiger partial charge on any atom is 0.276 e. The van der Waals surface area contributed by atoms with Crippen molar-refractivity contribution in [1.82, 2.24) is 0 Å². The first-order valence-corrected chi connectivity index (χ1v) is 3.17. The summed E-state index contributed by atoms with van der Waals surface area (Å²) in [5.74, 6) is -4.09. The van der Waals surface area contributed by atoms with Crippen LogP contribution >= 0.6 is 0 Å². The average molecular weight is 160 g/mol. The lowest BCUT2D eigenvalue weighted by atomic mass is 9.97. The molecule has 0 aromatic carbocycles. The molecule has 0 saturated carbocycles. The van der Waals surface area contributed by atoms with Gasteiger partial charge in [-0.1, -0.05) is 18.2 Å². The molecule has 0 aromatic heterocycles. The van der Waals surface area contributed by atoms with Gasteiger partial charge in [0.15, 0.2) is 0 Å². The first kappa shape index (κ1) is 8.11. The Morgan fingerprint density at radius 3 is 2.55 bits per heavy atom. The van der Waals surface area contributed by atoms with Gasteiger partial charge in [-0.25, -0.2) is 13.2 Å². The van der Waals surface area contributed by atoms with Gasteiger partial charge in [0, 0.05) is 0 Å². The number of allylic oxidation sites excluding steroid dienone is 5. The summed E-state index contributed by atoms with van der Waals surface area (Å²) in [4.78, 5) is 0. The molecule has 0 saturated heterocycles. The van der Waals surface area contributed by atoms with Gasteiger partial charge >= 0.3 is 0 Å². The van der Waals surface area contributed by atoms with E-state index in [1.54, 1.807) is 0 Å². The summed E-state index contributed by atoms with van der Waals surface area (Å²) in [7, 11) is 0. The number of hydrogen-bond acceptors (Lipinski definition) is 0. The molecule has 0 radical (unpaired) electrons. The van der Waals surface area contributed by atoms with Crippen LogP contribution in [-0.4, -0.2) is 5.92 Å². The highest BCUT2D eigenvalue weighted by Crippen LogP contribution is 2.31. The normalized spacial score (nSPS) is 28.1. The van der Waals surface area contributed by atoms with Crippen LogP contribution in [0.5, 0.6) is 0 Å². The van der Waals surface area contributed by atoms with E-state index >= 15 is 0 Å². The van der Waals surface area contributed by atoms with Crippen molar-refractivity contribution in [2.75, 3.05) is 0 Å². The lowest BCUT2D eigenvalue weighted by Gasteiger charge is -2.19. The van der Waals surface area contributed by atoms with Crippen molar-refractivity contribution in [1.29, 1.82) is 0 Å². The molecule has 1 rings (SSSR count). The van der Waals surface area contributed by atoms with E-state index in [2.05, 4.69) is 0 Å². The summed E-state index contributed by atoms with van der Waals surface area (Å²) >= 11 is 0. The van der Waals surface area contributed by atoms with Gasteiger partial charge in [0.1, 0.15) is 0 Å². The number of rotatable bonds is 1. The lowest BCUT2D eigenvalue weighted by molar-refractivity contribution is 0.0265. The van der Waals surface area contributed by atoms with E-state index in [9.17, 15) is 13.2 Å². The van der Waals surface area contributed by atoms with Crippen LogP contribution in [0.25, 0.3) is 0 Å². The van der Waals surface area contributed by atoms with E-state index in [1.807, 2.05) is 0 Å². The molecule has 3 heteroatoms. The van der Waals surface area contributed by atoms with Crippen LogP contribution in [0, 0.1) is 5.92 Å². The largest absolute Gasteiger partial charge is 0.276 e. The highest BCUT2D eigenvalue weighted by molar-refractivity contribution is 5.22. The highest BCUT2D eigenvalue weighted by atomic mass is 19.3. The van der Waals surface area contributed by atoms with Crippen molar-refractivity contribution in [3.8, 4) is 0 Å². The van der Waals surface area contributed by atoms with Crippen LogP contribution in [0.2, 0.25) is 0 Å². The minimum atomic E-state index is -2.95.